The summed E-state index contributed by atoms with van der Waals surface area (Å²) < 4.78 is 7.49. The first-order valence-corrected chi connectivity index (χ1v) is 7.93. The zero-order valence-corrected chi connectivity index (χ0v) is 13.9. The summed E-state index contributed by atoms with van der Waals surface area (Å²) in [5.41, 5.74) is 3.99. The topological polar surface area (TPSA) is 64.3 Å². The number of rotatable bonds is 2. The van der Waals surface area contributed by atoms with Gasteiger partial charge < -0.3 is 9.84 Å². The summed E-state index contributed by atoms with van der Waals surface area (Å²) >= 11 is 0. The van der Waals surface area contributed by atoms with Crippen molar-refractivity contribution in [3.05, 3.63) is 76.8 Å². The van der Waals surface area contributed by atoms with Gasteiger partial charge in [0.1, 0.15) is 11.5 Å². The van der Waals surface area contributed by atoms with E-state index in [2.05, 4.69) is 5.10 Å². The Morgan fingerprint density at radius 3 is 2.64 bits per heavy atom. The van der Waals surface area contributed by atoms with Crippen molar-refractivity contribution < 1.29 is 14.6 Å². The number of para-hydroxylation sites is 1. The zero-order valence-electron chi connectivity index (χ0n) is 13.9. The van der Waals surface area contributed by atoms with E-state index in [0.717, 1.165) is 22.6 Å². The Hall–Kier alpha value is -3.34. The lowest BCUT2D eigenvalue weighted by Gasteiger charge is -2.04. The molecule has 4 rings (SSSR count). The van der Waals surface area contributed by atoms with Crippen LogP contribution < -0.4 is 4.74 Å². The van der Waals surface area contributed by atoms with Crippen molar-refractivity contribution in [2.45, 2.75) is 13.8 Å². The van der Waals surface area contributed by atoms with Crippen molar-refractivity contribution in [1.29, 1.82) is 0 Å². The number of ketones is 1. The highest BCUT2D eigenvalue weighted by atomic mass is 16.5. The summed E-state index contributed by atoms with van der Waals surface area (Å²) in [4.78, 5) is 12.5. The Bertz CT molecular complexity index is 1020. The number of hydrogen-bond donors (Lipinski definition) is 1. The molecule has 25 heavy (non-hydrogen) atoms. The maximum absolute atomic E-state index is 12.5. The lowest BCUT2D eigenvalue weighted by molar-refractivity contribution is 0.101. The summed E-state index contributed by atoms with van der Waals surface area (Å²) in [5.74, 6) is 0.486. The van der Waals surface area contributed by atoms with Crippen molar-refractivity contribution in [2.75, 3.05) is 0 Å². The standard InChI is InChI=1S/C20H16N2O3/c1-12-17(13(2)22(21-12)14-6-4-3-5-7-14)11-19-20(24)16-9-8-15(23)10-18(16)25-19/h3-11,23H,1-2H3/b19-11-. The van der Waals surface area contributed by atoms with E-state index >= 15 is 0 Å². The number of phenolic OH excluding ortho intramolecular Hbond substituents is 1. The van der Waals surface area contributed by atoms with Gasteiger partial charge in [-0.05, 0) is 44.2 Å². The fraction of sp³-hybridized carbons (Fsp3) is 0.100. The van der Waals surface area contributed by atoms with Gasteiger partial charge in [-0.1, -0.05) is 18.2 Å². The number of benzene rings is 2. The fourth-order valence-corrected chi connectivity index (χ4v) is 2.99. The highest BCUT2D eigenvalue weighted by Crippen LogP contribution is 2.35. The van der Waals surface area contributed by atoms with Crippen molar-refractivity contribution in [3.8, 4) is 17.2 Å². The maximum atomic E-state index is 12.5. The number of nitrogens with zero attached hydrogens (tertiary/aromatic N) is 2. The second-order valence-corrected chi connectivity index (χ2v) is 5.95. The van der Waals surface area contributed by atoms with Gasteiger partial charge in [-0.25, -0.2) is 4.68 Å². The number of Topliss-reactive ketones (excluding diaryl/α,β-unsaturated/α-hetero) is 1. The Balaban J connectivity index is 1.76. The molecule has 0 unspecified atom stereocenters. The molecule has 3 aromatic rings. The predicted octanol–water partition coefficient (Wildman–Crippen LogP) is 3.81. The Kier molecular flexibility index (Phi) is 3.42. The first kappa shape index (κ1) is 15.2. The normalized spacial score (nSPS) is 14.6. The number of fused-ring (bicyclic) bond motifs is 1. The predicted molar refractivity (Wildman–Crippen MR) is 94.1 cm³/mol. The molecule has 0 saturated heterocycles. The highest BCUT2D eigenvalue weighted by molar-refractivity contribution is 6.14. The van der Waals surface area contributed by atoms with Gasteiger partial charge in [0, 0.05) is 17.3 Å². The molecule has 1 N–H and O–H groups in total. The van der Waals surface area contributed by atoms with Crippen LogP contribution in [0.4, 0.5) is 0 Å². The maximum Gasteiger partial charge on any atom is 0.231 e. The first-order chi connectivity index (χ1) is 12.0. The average molecular weight is 332 g/mol. The van der Waals surface area contributed by atoms with Crippen molar-refractivity contribution in [2.24, 2.45) is 0 Å². The summed E-state index contributed by atoms with van der Waals surface area (Å²) in [6.45, 7) is 3.86. The number of aryl methyl sites for hydroxylation is 1. The van der Waals surface area contributed by atoms with Gasteiger partial charge in [-0.3, -0.25) is 4.79 Å². The van der Waals surface area contributed by atoms with E-state index in [1.807, 2.05) is 48.9 Å². The molecule has 0 fully saturated rings. The molecule has 0 spiro atoms. The van der Waals surface area contributed by atoms with Crippen molar-refractivity contribution >= 4 is 11.9 Å². The zero-order chi connectivity index (χ0) is 17.6. The smallest absolute Gasteiger partial charge is 0.231 e. The van der Waals surface area contributed by atoms with Crippen LogP contribution in [0.15, 0.2) is 54.3 Å². The van der Waals surface area contributed by atoms with Crippen LogP contribution in [-0.4, -0.2) is 20.7 Å². The van der Waals surface area contributed by atoms with Crippen LogP contribution in [0.3, 0.4) is 0 Å². The van der Waals surface area contributed by atoms with Crippen LogP contribution in [0.5, 0.6) is 11.5 Å². The molecule has 2 heterocycles. The fourth-order valence-electron chi connectivity index (χ4n) is 2.99. The molecule has 0 atom stereocenters. The lowest BCUT2D eigenvalue weighted by atomic mass is 10.1. The Morgan fingerprint density at radius 2 is 1.88 bits per heavy atom. The Morgan fingerprint density at radius 1 is 1.12 bits per heavy atom. The van der Waals surface area contributed by atoms with Crippen LogP contribution in [0.2, 0.25) is 0 Å². The summed E-state index contributed by atoms with van der Waals surface area (Å²) in [5, 5.41) is 14.1. The number of phenols is 1. The average Bonchev–Trinajstić information content (AvgIpc) is 3.07. The van der Waals surface area contributed by atoms with Crippen LogP contribution in [-0.2, 0) is 0 Å². The minimum absolute atomic E-state index is 0.0667. The second-order valence-electron chi connectivity index (χ2n) is 5.95. The van der Waals surface area contributed by atoms with E-state index in [-0.39, 0.29) is 17.3 Å². The summed E-state index contributed by atoms with van der Waals surface area (Å²) in [6.07, 6.45) is 1.72. The molecule has 2 aromatic carbocycles. The van der Waals surface area contributed by atoms with Gasteiger partial charge in [0.25, 0.3) is 0 Å². The van der Waals surface area contributed by atoms with Crippen molar-refractivity contribution in [3.63, 3.8) is 0 Å². The van der Waals surface area contributed by atoms with Gasteiger partial charge >= 0.3 is 0 Å². The second kappa shape index (κ2) is 5.63. The van der Waals surface area contributed by atoms with Gasteiger partial charge in [-0.2, -0.15) is 5.10 Å². The van der Waals surface area contributed by atoms with E-state index < -0.39 is 0 Å². The van der Waals surface area contributed by atoms with E-state index in [4.69, 9.17) is 4.74 Å². The van der Waals surface area contributed by atoms with Gasteiger partial charge in [0.15, 0.2) is 5.76 Å². The summed E-state index contributed by atoms with van der Waals surface area (Å²) in [6, 6.07) is 14.3. The molecule has 0 aliphatic carbocycles. The number of aromatic hydroxyl groups is 1. The number of carbonyl (C=O) groups is 1. The molecule has 124 valence electrons. The van der Waals surface area contributed by atoms with Gasteiger partial charge in [0.2, 0.25) is 5.78 Å². The van der Waals surface area contributed by atoms with Crippen LogP contribution in [0.1, 0.15) is 27.3 Å². The van der Waals surface area contributed by atoms with Crippen LogP contribution in [0.25, 0.3) is 11.8 Å². The highest BCUT2D eigenvalue weighted by Gasteiger charge is 2.28. The number of carbonyl (C=O) groups excluding carboxylic acids is 1. The Labute approximate surface area is 144 Å². The summed E-state index contributed by atoms with van der Waals surface area (Å²) in [7, 11) is 0. The molecule has 1 aliphatic rings. The minimum Gasteiger partial charge on any atom is -0.508 e. The van der Waals surface area contributed by atoms with E-state index in [1.54, 1.807) is 12.1 Å². The third kappa shape index (κ3) is 2.50. The third-order valence-corrected chi connectivity index (χ3v) is 4.28. The molecule has 0 radical (unpaired) electrons. The SMILES string of the molecule is Cc1nn(-c2ccccc2)c(C)c1/C=C1\Oc2cc(O)ccc2C1=O. The van der Waals surface area contributed by atoms with Gasteiger partial charge in [0.05, 0.1) is 16.9 Å². The first-order valence-electron chi connectivity index (χ1n) is 7.93. The van der Waals surface area contributed by atoms with E-state index in [9.17, 15) is 9.90 Å². The molecule has 0 bridgehead atoms. The molecular formula is C20H16N2O3. The number of ether oxygens (including phenoxy) is 1. The lowest BCUT2D eigenvalue weighted by Crippen LogP contribution is -2.00. The largest absolute Gasteiger partial charge is 0.508 e. The molecule has 0 amide bonds. The monoisotopic (exact) mass is 332 g/mol. The van der Waals surface area contributed by atoms with E-state index in [0.29, 0.717) is 11.3 Å². The molecule has 5 nitrogen and oxygen atoms in total. The van der Waals surface area contributed by atoms with Crippen LogP contribution in [0, 0.1) is 13.8 Å². The van der Waals surface area contributed by atoms with Crippen LogP contribution >= 0.6 is 0 Å². The molecule has 1 aliphatic heterocycles. The minimum atomic E-state index is -0.193. The quantitative estimate of drug-likeness (QED) is 0.725. The molecule has 0 saturated carbocycles. The molecule has 5 heteroatoms. The number of hydrogen-bond acceptors (Lipinski definition) is 4. The molecular weight excluding hydrogens is 316 g/mol. The van der Waals surface area contributed by atoms with Crippen molar-refractivity contribution in [1.82, 2.24) is 9.78 Å². The third-order valence-electron chi connectivity index (χ3n) is 4.28. The number of allylic oxidation sites excluding steroid dienone is 1. The van der Waals surface area contributed by atoms with Gasteiger partial charge in [-0.15, -0.1) is 0 Å². The number of aromatic nitrogens is 2. The van der Waals surface area contributed by atoms with E-state index in [1.165, 1.54) is 12.1 Å². The molecule has 1 aromatic heterocycles.